The number of amides is 1. The van der Waals surface area contributed by atoms with Crippen LogP contribution in [0, 0.1) is 0 Å². The number of carbonyl (C=O) groups excluding carboxylic acids is 1. The van der Waals surface area contributed by atoms with Gasteiger partial charge in [-0.05, 0) is 41.7 Å². The second-order valence-electron chi connectivity index (χ2n) is 5.54. The normalized spacial score (nSPS) is 11.8. The molecule has 1 amide bonds. The molecule has 0 spiro atoms. The summed E-state index contributed by atoms with van der Waals surface area (Å²) in [6.07, 6.45) is 0.313. The average Bonchev–Trinajstić information content (AvgIpc) is 2.62. The van der Waals surface area contributed by atoms with Gasteiger partial charge in [-0.1, -0.05) is 37.3 Å². The predicted octanol–water partition coefficient (Wildman–Crippen LogP) is 2.36. The Hall–Kier alpha value is -2.53. The van der Waals surface area contributed by atoms with Crippen molar-refractivity contribution in [1.29, 1.82) is 0 Å². The molecule has 0 aliphatic rings. The molecule has 128 valence electrons. The third-order valence-electron chi connectivity index (χ3n) is 3.91. The molecule has 2 aromatic carbocycles. The summed E-state index contributed by atoms with van der Waals surface area (Å²) in [4.78, 5) is 12.0. The lowest BCUT2D eigenvalue weighted by molar-refractivity contribution is -0.129. The fourth-order valence-corrected chi connectivity index (χ4v) is 2.39. The molecule has 0 saturated carbocycles. The quantitative estimate of drug-likeness (QED) is 0.728. The van der Waals surface area contributed by atoms with Gasteiger partial charge in [0.25, 0.3) is 5.91 Å². The number of aromatic hydroxyl groups is 1. The summed E-state index contributed by atoms with van der Waals surface area (Å²) in [5.74, 6) is 0.0519. The zero-order valence-electron chi connectivity index (χ0n) is 14.0. The molecule has 5 nitrogen and oxygen atoms in total. The number of rotatable bonds is 7. The van der Waals surface area contributed by atoms with E-state index in [1.54, 1.807) is 30.3 Å². The summed E-state index contributed by atoms with van der Waals surface area (Å²) in [6, 6.07) is 12.4. The van der Waals surface area contributed by atoms with Crippen LogP contribution in [0.1, 0.15) is 29.7 Å². The van der Waals surface area contributed by atoms with Crippen LogP contribution < -0.4 is 10.1 Å². The lowest BCUT2D eigenvalue weighted by Crippen LogP contribution is -2.31. The number of phenolic OH excluding ortho intramolecular Hbond substituents is 1. The molecular weight excluding hydrogens is 306 g/mol. The molecule has 24 heavy (non-hydrogen) atoms. The molecule has 0 bridgehead atoms. The predicted molar refractivity (Wildman–Crippen MR) is 92.2 cm³/mol. The molecule has 3 N–H and O–H groups in total. The largest absolute Gasteiger partial charge is 0.504 e. The summed E-state index contributed by atoms with van der Waals surface area (Å²) in [5, 5.41) is 22.4. The first-order valence-corrected chi connectivity index (χ1v) is 7.95. The Morgan fingerprint density at radius 2 is 1.83 bits per heavy atom. The Labute approximate surface area is 141 Å². The van der Waals surface area contributed by atoms with Gasteiger partial charge in [-0.3, -0.25) is 4.79 Å². The van der Waals surface area contributed by atoms with E-state index in [0.717, 1.165) is 17.5 Å². The van der Waals surface area contributed by atoms with E-state index in [2.05, 4.69) is 12.2 Å². The minimum atomic E-state index is -1.18. The Morgan fingerprint density at radius 1 is 1.17 bits per heavy atom. The van der Waals surface area contributed by atoms with Gasteiger partial charge in [-0.2, -0.15) is 0 Å². The molecule has 0 aliphatic heterocycles. The van der Waals surface area contributed by atoms with Gasteiger partial charge in [0.15, 0.2) is 17.6 Å². The summed E-state index contributed by atoms with van der Waals surface area (Å²) >= 11 is 0. The van der Waals surface area contributed by atoms with Gasteiger partial charge < -0.3 is 20.3 Å². The number of phenols is 1. The van der Waals surface area contributed by atoms with Crippen molar-refractivity contribution >= 4 is 5.91 Å². The first-order valence-electron chi connectivity index (χ1n) is 7.95. The van der Waals surface area contributed by atoms with Crippen LogP contribution in [0.25, 0.3) is 0 Å². The number of aliphatic hydroxyl groups is 1. The molecule has 5 heteroatoms. The first kappa shape index (κ1) is 17.8. The van der Waals surface area contributed by atoms with E-state index in [0.29, 0.717) is 24.3 Å². The SMILES string of the molecule is CCc1ccc([C@@H](O)C(=O)NCCc2ccc(O)c(OC)c2)cc1. The summed E-state index contributed by atoms with van der Waals surface area (Å²) in [5.41, 5.74) is 2.66. The molecule has 0 aromatic heterocycles. The molecule has 2 rings (SSSR count). The van der Waals surface area contributed by atoms with Crippen molar-refractivity contribution in [2.24, 2.45) is 0 Å². The van der Waals surface area contributed by atoms with Crippen LogP contribution in [0.3, 0.4) is 0 Å². The van der Waals surface area contributed by atoms with E-state index >= 15 is 0 Å². The van der Waals surface area contributed by atoms with Gasteiger partial charge in [0, 0.05) is 6.54 Å². The third-order valence-corrected chi connectivity index (χ3v) is 3.91. The van der Waals surface area contributed by atoms with Crippen molar-refractivity contribution < 1.29 is 19.7 Å². The minimum Gasteiger partial charge on any atom is -0.504 e. The number of hydrogen-bond donors (Lipinski definition) is 3. The van der Waals surface area contributed by atoms with Crippen LogP contribution in [-0.4, -0.2) is 29.8 Å². The summed E-state index contributed by atoms with van der Waals surface area (Å²) in [6.45, 7) is 2.44. The Bertz CT molecular complexity index is 682. The second kappa shape index (κ2) is 8.36. The van der Waals surface area contributed by atoms with E-state index < -0.39 is 12.0 Å². The summed E-state index contributed by atoms with van der Waals surface area (Å²) in [7, 11) is 1.49. The van der Waals surface area contributed by atoms with Gasteiger partial charge in [0.1, 0.15) is 0 Å². The van der Waals surface area contributed by atoms with Crippen molar-refractivity contribution in [3.8, 4) is 11.5 Å². The Kier molecular flexibility index (Phi) is 6.21. The van der Waals surface area contributed by atoms with Crippen LogP contribution in [0.4, 0.5) is 0 Å². The smallest absolute Gasteiger partial charge is 0.253 e. The fraction of sp³-hybridized carbons (Fsp3) is 0.316. The van der Waals surface area contributed by atoms with E-state index in [-0.39, 0.29) is 5.75 Å². The van der Waals surface area contributed by atoms with Crippen molar-refractivity contribution in [3.63, 3.8) is 0 Å². The molecule has 0 radical (unpaired) electrons. The van der Waals surface area contributed by atoms with E-state index in [9.17, 15) is 15.0 Å². The lowest BCUT2D eigenvalue weighted by atomic mass is 10.1. The van der Waals surface area contributed by atoms with E-state index in [4.69, 9.17) is 4.74 Å². The molecule has 2 aromatic rings. The number of carbonyl (C=O) groups is 1. The van der Waals surface area contributed by atoms with Crippen molar-refractivity contribution in [2.45, 2.75) is 25.9 Å². The number of nitrogens with one attached hydrogen (secondary N) is 1. The maximum atomic E-state index is 12.0. The highest BCUT2D eigenvalue weighted by atomic mass is 16.5. The number of aryl methyl sites for hydroxylation is 1. The number of hydrogen-bond acceptors (Lipinski definition) is 4. The monoisotopic (exact) mass is 329 g/mol. The topological polar surface area (TPSA) is 78.8 Å². The van der Waals surface area contributed by atoms with Crippen molar-refractivity contribution in [3.05, 3.63) is 59.2 Å². The zero-order valence-corrected chi connectivity index (χ0v) is 14.0. The van der Waals surface area contributed by atoms with Gasteiger partial charge in [0.2, 0.25) is 0 Å². The maximum absolute atomic E-state index is 12.0. The van der Waals surface area contributed by atoms with Gasteiger partial charge in [-0.25, -0.2) is 0 Å². The van der Waals surface area contributed by atoms with Crippen molar-refractivity contribution in [2.75, 3.05) is 13.7 Å². The second-order valence-corrected chi connectivity index (χ2v) is 5.54. The summed E-state index contributed by atoms with van der Waals surface area (Å²) < 4.78 is 5.05. The highest BCUT2D eigenvalue weighted by molar-refractivity contribution is 5.81. The van der Waals surface area contributed by atoms with E-state index in [1.165, 1.54) is 7.11 Å². The molecule has 0 saturated heterocycles. The molecular formula is C19H23NO4. The highest BCUT2D eigenvalue weighted by Gasteiger charge is 2.16. The van der Waals surface area contributed by atoms with Crippen LogP contribution in [0.2, 0.25) is 0 Å². The highest BCUT2D eigenvalue weighted by Crippen LogP contribution is 2.26. The van der Waals surface area contributed by atoms with Gasteiger partial charge >= 0.3 is 0 Å². The molecule has 0 aliphatic carbocycles. The molecule has 0 unspecified atom stereocenters. The number of aliphatic hydroxyl groups excluding tert-OH is 1. The van der Waals surface area contributed by atoms with Gasteiger partial charge in [-0.15, -0.1) is 0 Å². The third kappa shape index (κ3) is 4.49. The maximum Gasteiger partial charge on any atom is 0.253 e. The Balaban J connectivity index is 1.88. The molecule has 0 heterocycles. The van der Waals surface area contributed by atoms with Crippen LogP contribution in [0.15, 0.2) is 42.5 Å². The van der Waals surface area contributed by atoms with Crippen LogP contribution in [0.5, 0.6) is 11.5 Å². The molecule has 1 atom stereocenters. The van der Waals surface area contributed by atoms with E-state index in [1.807, 2.05) is 12.1 Å². The van der Waals surface area contributed by atoms with Crippen molar-refractivity contribution in [1.82, 2.24) is 5.32 Å². The minimum absolute atomic E-state index is 0.0798. The van der Waals surface area contributed by atoms with Crippen LogP contribution in [-0.2, 0) is 17.6 Å². The first-order chi connectivity index (χ1) is 11.5. The zero-order chi connectivity index (χ0) is 17.5. The average molecular weight is 329 g/mol. The lowest BCUT2D eigenvalue weighted by Gasteiger charge is -2.12. The van der Waals surface area contributed by atoms with Gasteiger partial charge in [0.05, 0.1) is 7.11 Å². The molecule has 0 fully saturated rings. The van der Waals surface area contributed by atoms with Crippen LogP contribution >= 0.6 is 0 Å². The number of benzene rings is 2. The number of methoxy groups -OCH3 is 1. The standard InChI is InChI=1S/C19H23NO4/c1-3-13-4-7-15(8-5-13)18(22)19(23)20-11-10-14-6-9-16(21)17(12-14)24-2/h4-9,12,18,21-22H,3,10-11H2,1-2H3,(H,20,23)/t18-/m1/s1. The Morgan fingerprint density at radius 3 is 2.46 bits per heavy atom. The fourth-order valence-electron chi connectivity index (χ4n) is 2.39. The number of ether oxygens (including phenoxy) is 1.